The molecule has 4 aromatic rings. The van der Waals surface area contributed by atoms with E-state index < -0.39 is 0 Å². The van der Waals surface area contributed by atoms with Gasteiger partial charge in [0, 0.05) is 18.7 Å². The number of aromatic nitrogens is 4. The fraction of sp³-hybridized carbons (Fsp3) is 0.364. The topological polar surface area (TPSA) is 66.6 Å². The number of benzene rings is 1. The third-order valence-electron chi connectivity index (χ3n) is 5.78. The van der Waals surface area contributed by atoms with E-state index in [2.05, 4.69) is 24.5 Å². The summed E-state index contributed by atoms with van der Waals surface area (Å²) in [5, 5.41) is 9.48. The smallest absolute Gasteiger partial charge is 0.242 e. The lowest BCUT2D eigenvalue weighted by Gasteiger charge is -2.31. The number of thiazole rings is 1. The SMILES string of the molecule is CCN(C(=O)CN1CCC(c2nnc3ccccn23)CC1)c1nc2ccccc2s1. The van der Waals surface area contributed by atoms with Crippen molar-refractivity contribution in [2.45, 2.75) is 25.7 Å². The summed E-state index contributed by atoms with van der Waals surface area (Å²) >= 11 is 1.58. The molecule has 1 saturated heterocycles. The van der Waals surface area contributed by atoms with Gasteiger partial charge in [-0.1, -0.05) is 29.5 Å². The number of nitrogens with zero attached hydrogens (tertiary/aromatic N) is 6. The van der Waals surface area contributed by atoms with Crippen LogP contribution in [0.25, 0.3) is 15.9 Å². The van der Waals surface area contributed by atoms with Gasteiger partial charge in [-0.25, -0.2) is 4.98 Å². The van der Waals surface area contributed by atoms with Gasteiger partial charge in [-0.2, -0.15) is 0 Å². The summed E-state index contributed by atoms with van der Waals surface area (Å²) < 4.78 is 3.19. The first kappa shape index (κ1) is 19.1. The summed E-state index contributed by atoms with van der Waals surface area (Å²) in [5.41, 5.74) is 1.84. The molecule has 154 valence electrons. The quantitative estimate of drug-likeness (QED) is 0.494. The molecule has 7 nitrogen and oxygen atoms in total. The number of carbonyl (C=O) groups excluding carboxylic acids is 1. The van der Waals surface area contributed by atoms with Crippen LogP contribution in [0.4, 0.5) is 5.13 Å². The Morgan fingerprint density at radius 3 is 2.73 bits per heavy atom. The van der Waals surface area contributed by atoms with Crippen LogP contribution in [0, 0.1) is 0 Å². The normalized spacial score (nSPS) is 15.8. The van der Waals surface area contributed by atoms with Gasteiger partial charge >= 0.3 is 0 Å². The fourth-order valence-corrected chi connectivity index (χ4v) is 5.20. The first-order valence-corrected chi connectivity index (χ1v) is 11.2. The molecule has 1 aromatic carbocycles. The van der Waals surface area contributed by atoms with Crippen molar-refractivity contribution < 1.29 is 4.79 Å². The summed E-state index contributed by atoms with van der Waals surface area (Å²) in [6, 6.07) is 14.0. The second kappa shape index (κ2) is 8.12. The maximum Gasteiger partial charge on any atom is 0.242 e. The number of carbonyl (C=O) groups is 1. The van der Waals surface area contributed by atoms with Crippen molar-refractivity contribution in [3.05, 3.63) is 54.5 Å². The molecule has 1 fully saturated rings. The average Bonchev–Trinajstić information content (AvgIpc) is 3.39. The number of amides is 1. The zero-order chi connectivity index (χ0) is 20.5. The summed E-state index contributed by atoms with van der Waals surface area (Å²) in [5.74, 6) is 1.52. The zero-order valence-electron chi connectivity index (χ0n) is 16.9. The number of para-hydroxylation sites is 1. The Labute approximate surface area is 179 Å². The molecule has 8 heteroatoms. The van der Waals surface area contributed by atoms with Crippen LogP contribution >= 0.6 is 11.3 Å². The predicted molar refractivity (Wildman–Crippen MR) is 119 cm³/mol. The Hall–Kier alpha value is -2.84. The number of hydrogen-bond acceptors (Lipinski definition) is 6. The maximum atomic E-state index is 13.0. The summed E-state index contributed by atoms with van der Waals surface area (Å²) in [6.07, 6.45) is 3.99. The number of pyridine rings is 1. The largest absolute Gasteiger partial charge is 0.294 e. The number of rotatable bonds is 5. The van der Waals surface area contributed by atoms with Crippen LogP contribution in [0.3, 0.4) is 0 Å². The second-order valence-corrected chi connectivity index (χ2v) is 8.65. The lowest BCUT2D eigenvalue weighted by Crippen LogP contribution is -2.43. The van der Waals surface area contributed by atoms with Crippen LogP contribution in [0.15, 0.2) is 48.7 Å². The number of fused-ring (bicyclic) bond motifs is 2. The Balaban J connectivity index is 1.23. The van der Waals surface area contributed by atoms with Crippen LogP contribution in [0.1, 0.15) is 31.5 Å². The van der Waals surface area contributed by atoms with Crippen LogP contribution in [-0.2, 0) is 4.79 Å². The molecule has 0 unspecified atom stereocenters. The molecule has 1 aliphatic heterocycles. The lowest BCUT2D eigenvalue weighted by molar-refractivity contribution is -0.120. The molecule has 0 bridgehead atoms. The maximum absolute atomic E-state index is 13.0. The van der Waals surface area contributed by atoms with Crippen molar-refractivity contribution in [3.8, 4) is 0 Å². The molecule has 0 atom stereocenters. The van der Waals surface area contributed by atoms with E-state index in [0.29, 0.717) is 19.0 Å². The van der Waals surface area contributed by atoms with E-state index in [9.17, 15) is 4.79 Å². The standard InChI is InChI=1S/C22H24N6OS/c1-2-27(22-23-17-7-3-4-8-18(17)30-22)20(29)15-26-13-10-16(11-14-26)21-25-24-19-9-5-6-12-28(19)21/h3-9,12,16H,2,10-11,13-15H2,1H3. The molecule has 1 aliphatic rings. The Kier molecular flexibility index (Phi) is 5.18. The van der Waals surface area contributed by atoms with Gasteiger partial charge in [-0.15, -0.1) is 10.2 Å². The summed E-state index contributed by atoms with van der Waals surface area (Å²) in [6.45, 7) is 4.83. The Morgan fingerprint density at radius 2 is 1.93 bits per heavy atom. The van der Waals surface area contributed by atoms with Crippen LogP contribution < -0.4 is 4.90 Å². The number of anilines is 1. The second-order valence-electron chi connectivity index (χ2n) is 7.64. The summed E-state index contributed by atoms with van der Waals surface area (Å²) in [7, 11) is 0. The predicted octanol–water partition coefficient (Wildman–Crippen LogP) is 3.57. The number of likely N-dealkylation sites (tertiary alicyclic amines) is 1. The summed E-state index contributed by atoms with van der Waals surface area (Å²) in [4.78, 5) is 21.7. The number of hydrogen-bond donors (Lipinski definition) is 0. The molecule has 5 rings (SSSR count). The highest BCUT2D eigenvalue weighted by Gasteiger charge is 2.27. The molecule has 3 aromatic heterocycles. The third-order valence-corrected chi connectivity index (χ3v) is 6.84. The minimum Gasteiger partial charge on any atom is -0.294 e. The monoisotopic (exact) mass is 420 g/mol. The van der Waals surface area contributed by atoms with Crippen molar-refractivity contribution >= 4 is 38.2 Å². The van der Waals surface area contributed by atoms with Gasteiger partial charge < -0.3 is 0 Å². The van der Waals surface area contributed by atoms with Gasteiger partial charge in [0.2, 0.25) is 5.91 Å². The molecule has 0 spiro atoms. The van der Waals surface area contributed by atoms with E-state index in [0.717, 1.165) is 52.8 Å². The van der Waals surface area contributed by atoms with E-state index in [4.69, 9.17) is 0 Å². The molecule has 0 radical (unpaired) electrons. The Morgan fingerprint density at radius 1 is 1.13 bits per heavy atom. The minimum absolute atomic E-state index is 0.114. The third kappa shape index (κ3) is 3.57. The zero-order valence-corrected chi connectivity index (χ0v) is 17.8. The molecule has 1 amide bonds. The highest BCUT2D eigenvalue weighted by Crippen LogP contribution is 2.30. The van der Waals surface area contributed by atoms with Crippen molar-refractivity contribution in [1.29, 1.82) is 0 Å². The molecule has 4 heterocycles. The Bertz CT molecular complexity index is 1140. The fourth-order valence-electron chi connectivity index (χ4n) is 4.16. The van der Waals surface area contributed by atoms with E-state index >= 15 is 0 Å². The molecular formula is C22H24N6OS. The minimum atomic E-state index is 0.114. The van der Waals surface area contributed by atoms with Gasteiger partial charge in [0.05, 0.1) is 16.8 Å². The van der Waals surface area contributed by atoms with Gasteiger partial charge in [-0.3, -0.25) is 19.0 Å². The van der Waals surface area contributed by atoms with Gasteiger partial charge in [-0.05, 0) is 57.1 Å². The molecular weight excluding hydrogens is 396 g/mol. The van der Waals surface area contributed by atoms with Crippen molar-refractivity contribution in [2.24, 2.45) is 0 Å². The molecule has 0 N–H and O–H groups in total. The average molecular weight is 421 g/mol. The van der Waals surface area contributed by atoms with Crippen molar-refractivity contribution in [3.63, 3.8) is 0 Å². The van der Waals surface area contributed by atoms with Gasteiger partial charge in [0.25, 0.3) is 0 Å². The lowest BCUT2D eigenvalue weighted by atomic mass is 9.96. The van der Waals surface area contributed by atoms with Crippen LogP contribution in [0.2, 0.25) is 0 Å². The van der Waals surface area contributed by atoms with E-state index in [1.54, 1.807) is 11.3 Å². The van der Waals surface area contributed by atoms with E-state index in [-0.39, 0.29) is 5.91 Å². The van der Waals surface area contributed by atoms with Crippen molar-refractivity contribution in [2.75, 3.05) is 31.1 Å². The van der Waals surface area contributed by atoms with E-state index in [1.807, 2.05) is 60.5 Å². The molecule has 30 heavy (non-hydrogen) atoms. The molecule has 0 aliphatic carbocycles. The highest BCUT2D eigenvalue weighted by atomic mass is 32.1. The first-order valence-electron chi connectivity index (χ1n) is 10.4. The van der Waals surface area contributed by atoms with Gasteiger partial charge in [0.1, 0.15) is 5.82 Å². The first-order chi connectivity index (χ1) is 14.7. The van der Waals surface area contributed by atoms with Crippen molar-refractivity contribution in [1.82, 2.24) is 24.5 Å². The highest BCUT2D eigenvalue weighted by molar-refractivity contribution is 7.22. The van der Waals surface area contributed by atoms with E-state index in [1.165, 1.54) is 0 Å². The van der Waals surface area contributed by atoms with Gasteiger partial charge in [0.15, 0.2) is 10.8 Å². The number of likely N-dealkylation sites (N-methyl/N-ethyl adjacent to an activating group) is 1. The van der Waals surface area contributed by atoms with Crippen LogP contribution in [-0.4, -0.2) is 56.6 Å². The number of piperidine rings is 1. The van der Waals surface area contributed by atoms with Crippen LogP contribution in [0.5, 0.6) is 0 Å². The molecule has 0 saturated carbocycles.